The molecule has 5 nitrogen and oxygen atoms in total. The quantitative estimate of drug-likeness (QED) is 0.610. The molecule has 26 heavy (non-hydrogen) atoms. The van der Waals surface area contributed by atoms with Crippen LogP contribution in [-0.2, 0) is 5.60 Å². The summed E-state index contributed by atoms with van der Waals surface area (Å²) >= 11 is 0. The average Bonchev–Trinajstić information content (AvgIpc) is 3.24. The number of halogens is 2. The maximum absolute atomic E-state index is 14.7. The topological polar surface area (TPSA) is 55.4 Å². The molecule has 0 spiro atoms. The summed E-state index contributed by atoms with van der Waals surface area (Å²) in [6, 6.07) is 6.14. The molecule has 7 heteroatoms. The average molecular weight is 354 g/mol. The number of aromatic nitrogens is 4. The highest BCUT2D eigenvalue weighted by molar-refractivity contribution is 5.67. The first-order valence-corrected chi connectivity index (χ1v) is 8.03. The summed E-state index contributed by atoms with van der Waals surface area (Å²) in [6.07, 6.45) is 7.89. The zero-order valence-electron chi connectivity index (χ0n) is 14.2. The highest BCUT2D eigenvalue weighted by atomic mass is 19.1. The van der Waals surface area contributed by atoms with Crippen LogP contribution in [0.3, 0.4) is 0 Å². The summed E-state index contributed by atoms with van der Waals surface area (Å²) in [5.74, 6) is -0.973. The molecule has 0 amide bonds. The zero-order valence-corrected chi connectivity index (χ0v) is 14.2. The Morgan fingerprint density at radius 2 is 1.92 bits per heavy atom. The Morgan fingerprint density at radius 1 is 1.12 bits per heavy atom. The monoisotopic (exact) mass is 354 g/mol. The first kappa shape index (κ1) is 16.4. The lowest BCUT2D eigenvalue weighted by molar-refractivity contribution is 0.0746. The van der Waals surface area contributed by atoms with Crippen molar-refractivity contribution in [1.29, 1.82) is 0 Å². The molecule has 0 saturated carbocycles. The van der Waals surface area contributed by atoms with Crippen molar-refractivity contribution in [3.05, 3.63) is 72.6 Å². The van der Waals surface area contributed by atoms with Gasteiger partial charge < -0.3 is 9.67 Å². The van der Waals surface area contributed by atoms with Gasteiger partial charge in [-0.2, -0.15) is 0 Å². The van der Waals surface area contributed by atoms with E-state index >= 15 is 0 Å². The Morgan fingerprint density at radius 3 is 2.62 bits per heavy atom. The van der Waals surface area contributed by atoms with Crippen LogP contribution in [-0.4, -0.2) is 24.0 Å². The fourth-order valence-electron chi connectivity index (χ4n) is 2.97. The zero-order chi connectivity index (χ0) is 18.5. The Kier molecular flexibility index (Phi) is 3.62. The number of fused-ring (bicyclic) bond motifs is 1. The van der Waals surface area contributed by atoms with Crippen LogP contribution in [0, 0.1) is 11.6 Å². The number of benzene rings is 1. The number of hydrogen-bond acceptors (Lipinski definition) is 3. The Hall–Kier alpha value is -3.06. The first-order chi connectivity index (χ1) is 12.4. The van der Waals surface area contributed by atoms with Crippen LogP contribution in [0.2, 0.25) is 0 Å². The molecule has 0 atom stereocenters. The van der Waals surface area contributed by atoms with Crippen LogP contribution in [0.5, 0.6) is 0 Å². The van der Waals surface area contributed by atoms with Gasteiger partial charge in [0.25, 0.3) is 0 Å². The summed E-state index contributed by atoms with van der Waals surface area (Å²) in [5, 5.41) is 10.1. The minimum Gasteiger partial charge on any atom is -0.386 e. The fourth-order valence-corrected chi connectivity index (χ4v) is 2.97. The molecule has 0 radical (unpaired) electrons. The smallest absolute Gasteiger partial charge is 0.174 e. The van der Waals surface area contributed by atoms with Gasteiger partial charge in [0.15, 0.2) is 11.5 Å². The van der Waals surface area contributed by atoms with Gasteiger partial charge in [0, 0.05) is 29.7 Å². The largest absolute Gasteiger partial charge is 0.386 e. The lowest BCUT2D eigenvalue weighted by Crippen LogP contribution is -2.18. The van der Waals surface area contributed by atoms with Crippen LogP contribution in [0.25, 0.3) is 22.6 Å². The molecule has 1 aromatic carbocycles. The maximum atomic E-state index is 14.7. The molecule has 0 unspecified atom stereocenters. The SMILES string of the molecule is CC(C)(O)c1ccn2c(-c3ccc(F)c(-n4ccnc4)c3)cnc2c1F. The molecule has 0 aliphatic rings. The van der Waals surface area contributed by atoms with E-state index in [9.17, 15) is 13.9 Å². The van der Waals surface area contributed by atoms with Crippen LogP contribution in [0.4, 0.5) is 8.78 Å². The normalized spacial score (nSPS) is 12.0. The number of pyridine rings is 1. The van der Waals surface area contributed by atoms with Gasteiger partial charge in [-0.1, -0.05) is 0 Å². The van der Waals surface area contributed by atoms with Gasteiger partial charge in [-0.3, -0.25) is 4.40 Å². The van der Waals surface area contributed by atoms with Gasteiger partial charge in [0.05, 0.1) is 29.5 Å². The summed E-state index contributed by atoms with van der Waals surface area (Å²) in [7, 11) is 0. The van der Waals surface area contributed by atoms with Crippen molar-refractivity contribution in [3.63, 3.8) is 0 Å². The molecule has 4 aromatic rings. The number of rotatable bonds is 3. The van der Waals surface area contributed by atoms with Crippen LogP contribution in [0.15, 0.2) is 55.4 Å². The Balaban J connectivity index is 1.88. The third-order valence-electron chi connectivity index (χ3n) is 4.30. The number of aliphatic hydroxyl groups is 1. The minimum absolute atomic E-state index is 0.105. The van der Waals surface area contributed by atoms with Crippen molar-refractivity contribution in [1.82, 2.24) is 18.9 Å². The predicted octanol–water partition coefficient (Wildman–Crippen LogP) is 3.69. The molecule has 0 bridgehead atoms. The van der Waals surface area contributed by atoms with E-state index in [1.165, 1.54) is 38.5 Å². The second-order valence-electron chi connectivity index (χ2n) is 6.58. The maximum Gasteiger partial charge on any atom is 0.174 e. The highest BCUT2D eigenvalue weighted by Gasteiger charge is 2.24. The van der Waals surface area contributed by atoms with Gasteiger partial charge in [-0.15, -0.1) is 0 Å². The van der Waals surface area contributed by atoms with E-state index in [4.69, 9.17) is 0 Å². The Labute approximate surface area is 148 Å². The first-order valence-electron chi connectivity index (χ1n) is 8.03. The van der Waals surface area contributed by atoms with E-state index in [0.717, 1.165) is 0 Å². The van der Waals surface area contributed by atoms with E-state index in [0.29, 0.717) is 16.9 Å². The van der Waals surface area contributed by atoms with E-state index in [2.05, 4.69) is 9.97 Å². The van der Waals surface area contributed by atoms with E-state index in [-0.39, 0.29) is 11.2 Å². The molecular weight excluding hydrogens is 338 g/mol. The standard InChI is InChI=1S/C19H16F2N4O/c1-19(2,26)13-5-7-25-16(10-23-18(25)17(13)21)12-3-4-14(20)15(9-12)24-8-6-22-11-24/h3-11,26H,1-2H3. The van der Waals surface area contributed by atoms with Gasteiger partial charge in [0.1, 0.15) is 5.82 Å². The third kappa shape index (κ3) is 2.57. The lowest BCUT2D eigenvalue weighted by atomic mass is 9.99. The molecule has 0 fully saturated rings. The summed E-state index contributed by atoms with van der Waals surface area (Å²) < 4.78 is 32.1. The van der Waals surface area contributed by atoms with Gasteiger partial charge in [-0.05, 0) is 38.1 Å². The molecule has 4 rings (SSSR count). The van der Waals surface area contributed by atoms with Crippen molar-refractivity contribution < 1.29 is 13.9 Å². The van der Waals surface area contributed by atoms with Crippen molar-refractivity contribution in [2.24, 2.45) is 0 Å². The van der Waals surface area contributed by atoms with E-state index < -0.39 is 17.2 Å². The van der Waals surface area contributed by atoms with Crippen LogP contribution < -0.4 is 0 Å². The second kappa shape index (κ2) is 5.74. The number of imidazole rings is 2. The van der Waals surface area contributed by atoms with Gasteiger partial charge >= 0.3 is 0 Å². The van der Waals surface area contributed by atoms with E-state index in [1.54, 1.807) is 39.7 Å². The molecule has 0 aliphatic heterocycles. The number of nitrogens with zero attached hydrogens (tertiary/aromatic N) is 4. The fraction of sp³-hybridized carbons (Fsp3) is 0.158. The summed E-state index contributed by atoms with van der Waals surface area (Å²) in [6.45, 7) is 3.03. The molecule has 1 N–H and O–H groups in total. The highest BCUT2D eigenvalue weighted by Crippen LogP contribution is 2.29. The predicted molar refractivity (Wildman–Crippen MR) is 92.9 cm³/mol. The van der Waals surface area contributed by atoms with Crippen LogP contribution in [0.1, 0.15) is 19.4 Å². The van der Waals surface area contributed by atoms with Crippen molar-refractivity contribution in [3.8, 4) is 16.9 Å². The molecular formula is C19H16F2N4O. The minimum atomic E-state index is -1.32. The molecule has 0 aliphatic carbocycles. The second-order valence-corrected chi connectivity index (χ2v) is 6.58. The molecule has 132 valence electrons. The van der Waals surface area contributed by atoms with Gasteiger partial charge in [0.2, 0.25) is 0 Å². The summed E-state index contributed by atoms with van der Waals surface area (Å²) in [4.78, 5) is 8.08. The van der Waals surface area contributed by atoms with Crippen molar-refractivity contribution in [2.45, 2.75) is 19.4 Å². The van der Waals surface area contributed by atoms with Crippen molar-refractivity contribution >= 4 is 5.65 Å². The molecule has 3 aromatic heterocycles. The Bertz CT molecular complexity index is 1090. The molecule has 3 heterocycles. The van der Waals surface area contributed by atoms with E-state index in [1.807, 2.05) is 0 Å². The molecule has 0 saturated heterocycles. The van der Waals surface area contributed by atoms with Gasteiger partial charge in [-0.25, -0.2) is 18.7 Å². The van der Waals surface area contributed by atoms with Crippen molar-refractivity contribution in [2.75, 3.05) is 0 Å². The third-order valence-corrected chi connectivity index (χ3v) is 4.30. The lowest BCUT2D eigenvalue weighted by Gasteiger charge is -2.18. The van der Waals surface area contributed by atoms with Crippen LogP contribution >= 0.6 is 0 Å². The summed E-state index contributed by atoms with van der Waals surface area (Å²) in [5.41, 5.74) is 0.584. The number of hydrogen-bond donors (Lipinski definition) is 1.